The summed E-state index contributed by atoms with van der Waals surface area (Å²) in [6.45, 7) is 1.90. The van der Waals surface area contributed by atoms with Crippen molar-refractivity contribution >= 4 is 39.7 Å². The molecule has 2 aromatic rings. The van der Waals surface area contributed by atoms with E-state index in [1.165, 1.54) is 6.21 Å². The third-order valence-electron chi connectivity index (χ3n) is 3.20. The third kappa shape index (κ3) is 4.27. The molecule has 1 N–H and O–H groups in total. The summed E-state index contributed by atoms with van der Waals surface area (Å²) in [6.07, 6.45) is 1.51. The molecule has 0 bridgehead atoms. The Hall–Kier alpha value is -2.05. The van der Waals surface area contributed by atoms with Gasteiger partial charge < -0.3 is 9.47 Å². The number of benzene rings is 2. The summed E-state index contributed by atoms with van der Waals surface area (Å²) in [7, 11) is 3.11. The number of nitrogens with zero attached hydrogens (tertiary/aromatic N) is 1. The van der Waals surface area contributed by atoms with Crippen LogP contribution >= 0.6 is 27.5 Å². The molecular formula is C17H16BrClN2O3. The lowest BCUT2D eigenvalue weighted by Crippen LogP contribution is -2.18. The van der Waals surface area contributed by atoms with Gasteiger partial charge >= 0.3 is 0 Å². The molecule has 7 heteroatoms. The van der Waals surface area contributed by atoms with Crippen LogP contribution in [0.25, 0.3) is 0 Å². The van der Waals surface area contributed by atoms with Crippen molar-refractivity contribution in [3.8, 4) is 11.5 Å². The molecule has 0 aliphatic rings. The number of ether oxygens (including phenoxy) is 2. The van der Waals surface area contributed by atoms with Gasteiger partial charge in [0.25, 0.3) is 5.91 Å². The third-order valence-corrected chi connectivity index (χ3v) is 4.11. The minimum absolute atomic E-state index is 0.368. The molecule has 0 unspecified atom stereocenters. The second-order valence-electron chi connectivity index (χ2n) is 4.92. The van der Waals surface area contributed by atoms with E-state index in [0.717, 1.165) is 15.6 Å². The van der Waals surface area contributed by atoms with Crippen LogP contribution in [0.3, 0.4) is 0 Å². The monoisotopic (exact) mass is 410 g/mol. The van der Waals surface area contributed by atoms with Crippen molar-refractivity contribution in [1.82, 2.24) is 5.43 Å². The molecule has 126 valence electrons. The van der Waals surface area contributed by atoms with Gasteiger partial charge in [-0.05, 0) is 58.2 Å². The molecule has 2 rings (SSSR count). The van der Waals surface area contributed by atoms with Crippen molar-refractivity contribution in [2.45, 2.75) is 6.92 Å². The highest BCUT2D eigenvalue weighted by atomic mass is 79.9. The summed E-state index contributed by atoms with van der Waals surface area (Å²) in [4.78, 5) is 12.1. The molecule has 5 nitrogen and oxygen atoms in total. The molecule has 0 spiro atoms. The maximum Gasteiger partial charge on any atom is 0.272 e. The molecule has 24 heavy (non-hydrogen) atoms. The molecule has 0 saturated carbocycles. The van der Waals surface area contributed by atoms with Gasteiger partial charge in [0.1, 0.15) is 0 Å². The fourth-order valence-electron chi connectivity index (χ4n) is 2.04. The quantitative estimate of drug-likeness (QED) is 0.593. The summed E-state index contributed by atoms with van der Waals surface area (Å²) in [5.41, 5.74) is 4.53. The summed E-state index contributed by atoms with van der Waals surface area (Å²) in [6, 6.07) is 8.76. The van der Waals surface area contributed by atoms with E-state index in [-0.39, 0.29) is 5.91 Å². The number of nitrogens with one attached hydrogen (secondary N) is 1. The second kappa shape index (κ2) is 8.17. The van der Waals surface area contributed by atoms with E-state index in [4.69, 9.17) is 21.1 Å². The number of amides is 1. The first kappa shape index (κ1) is 18.3. The van der Waals surface area contributed by atoms with Gasteiger partial charge in [0, 0.05) is 0 Å². The molecule has 0 aliphatic heterocycles. The highest BCUT2D eigenvalue weighted by Crippen LogP contribution is 2.35. The highest BCUT2D eigenvalue weighted by molar-refractivity contribution is 9.10. The SMILES string of the molecule is COc1cc(/C=N\NC(=O)c2ccc(C)cc2Cl)cc(Br)c1OC. The average molecular weight is 412 g/mol. The summed E-state index contributed by atoms with van der Waals surface area (Å²) in [5, 5.41) is 4.34. The van der Waals surface area contributed by atoms with Gasteiger partial charge in [0.2, 0.25) is 0 Å². The van der Waals surface area contributed by atoms with Crippen molar-refractivity contribution < 1.29 is 14.3 Å². The van der Waals surface area contributed by atoms with Crippen LogP contribution in [0.1, 0.15) is 21.5 Å². The van der Waals surface area contributed by atoms with Gasteiger partial charge in [-0.3, -0.25) is 4.79 Å². The molecule has 0 fully saturated rings. The zero-order valence-electron chi connectivity index (χ0n) is 13.4. The molecule has 0 aromatic heterocycles. The number of hydrogen-bond acceptors (Lipinski definition) is 4. The predicted octanol–water partition coefficient (Wildman–Crippen LogP) is 4.19. The van der Waals surface area contributed by atoms with E-state index in [2.05, 4.69) is 26.5 Å². The summed E-state index contributed by atoms with van der Waals surface area (Å²) >= 11 is 9.47. The van der Waals surface area contributed by atoms with Gasteiger partial charge in [-0.2, -0.15) is 5.10 Å². The number of hydrazone groups is 1. The van der Waals surface area contributed by atoms with E-state index < -0.39 is 0 Å². The van der Waals surface area contributed by atoms with Gasteiger partial charge in [-0.1, -0.05) is 17.7 Å². The van der Waals surface area contributed by atoms with Crippen LogP contribution in [-0.2, 0) is 0 Å². The largest absolute Gasteiger partial charge is 0.493 e. The number of methoxy groups -OCH3 is 2. The number of hydrogen-bond donors (Lipinski definition) is 1. The minimum Gasteiger partial charge on any atom is -0.493 e. The maximum absolute atomic E-state index is 12.1. The lowest BCUT2D eigenvalue weighted by Gasteiger charge is -2.10. The number of aryl methyl sites for hydroxylation is 1. The van der Waals surface area contributed by atoms with Crippen molar-refractivity contribution in [1.29, 1.82) is 0 Å². The Bertz CT molecular complexity index is 794. The standard InChI is InChI=1S/C17H16BrClN2O3/c1-10-4-5-12(14(19)6-10)17(22)21-20-9-11-7-13(18)16(24-3)15(8-11)23-2/h4-9H,1-3H3,(H,21,22)/b20-9-. The Balaban J connectivity index is 2.14. The average Bonchev–Trinajstić information content (AvgIpc) is 2.54. The normalized spacial score (nSPS) is 10.7. The van der Waals surface area contributed by atoms with Gasteiger partial charge in [-0.25, -0.2) is 5.43 Å². The Labute approximate surface area is 153 Å². The van der Waals surface area contributed by atoms with Crippen LogP contribution in [0, 0.1) is 6.92 Å². The van der Waals surface area contributed by atoms with Gasteiger partial charge in [-0.15, -0.1) is 0 Å². The van der Waals surface area contributed by atoms with Crippen LogP contribution in [0.4, 0.5) is 0 Å². The molecule has 0 atom stereocenters. The Morgan fingerprint density at radius 2 is 2.00 bits per heavy atom. The van der Waals surface area contributed by atoms with Crippen molar-refractivity contribution in [3.63, 3.8) is 0 Å². The van der Waals surface area contributed by atoms with E-state index in [1.807, 2.05) is 13.0 Å². The molecule has 0 radical (unpaired) electrons. The van der Waals surface area contributed by atoms with Crippen LogP contribution < -0.4 is 14.9 Å². The molecule has 0 aliphatic carbocycles. The zero-order chi connectivity index (χ0) is 17.7. The molecule has 0 heterocycles. The second-order valence-corrected chi connectivity index (χ2v) is 6.18. The molecule has 0 saturated heterocycles. The van der Waals surface area contributed by atoms with E-state index in [0.29, 0.717) is 22.1 Å². The molecule has 1 amide bonds. The van der Waals surface area contributed by atoms with E-state index in [9.17, 15) is 4.79 Å². The fraction of sp³-hybridized carbons (Fsp3) is 0.176. The molecular weight excluding hydrogens is 396 g/mol. The first-order valence-corrected chi connectivity index (χ1v) is 8.14. The fourth-order valence-corrected chi connectivity index (χ4v) is 2.98. The summed E-state index contributed by atoms with van der Waals surface area (Å²) < 4.78 is 11.2. The van der Waals surface area contributed by atoms with Crippen molar-refractivity contribution in [2.24, 2.45) is 5.10 Å². The number of carbonyl (C=O) groups is 1. The smallest absolute Gasteiger partial charge is 0.272 e. The number of halogens is 2. The Kier molecular flexibility index (Phi) is 6.23. The van der Waals surface area contributed by atoms with E-state index >= 15 is 0 Å². The van der Waals surface area contributed by atoms with Gasteiger partial charge in [0.05, 0.1) is 35.5 Å². The predicted molar refractivity (Wildman–Crippen MR) is 98.5 cm³/mol. The summed E-state index contributed by atoms with van der Waals surface area (Å²) in [5.74, 6) is 0.766. The Morgan fingerprint density at radius 1 is 1.25 bits per heavy atom. The van der Waals surface area contributed by atoms with Crippen LogP contribution in [0.2, 0.25) is 5.02 Å². The van der Waals surface area contributed by atoms with Crippen molar-refractivity contribution in [2.75, 3.05) is 14.2 Å². The van der Waals surface area contributed by atoms with Crippen LogP contribution in [0.15, 0.2) is 39.9 Å². The van der Waals surface area contributed by atoms with E-state index in [1.54, 1.807) is 38.5 Å². The number of rotatable bonds is 5. The maximum atomic E-state index is 12.1. The first-order valence-electron chi connectivity index (χ1n) is 6.97. The zero-order valence-corrected chi connectivity index (χ0v) is 15.7. The van der Waals surface area contributed by atoms with Crippen LogP contribution in [-0.4, -0.2) is 26.3 Å². The molecule has 2 aromatic carbocycles. The van der Waals surface area contributed by atoms with Crippen LogP contribution in [0.5, 0.6) is 11.5 Å². The Morgan fingerprint density at radius 3 is 2.62 bits per heavy atom. The highest BCUT2D eigenvalue weighted by Gasteiger charge is 2.11. The van der Waals surface area contributed by atoms with Gasteiger partial charge in [0.15, 0.2) is 11.5 Å². The first-order chi connectivity index (χ1) is 11.5. The van der Waals surface area contributed by atoms with Crippen molar-refractivity contribution in [3.05, 3.63) is 56.5 Å². The topological polar surface area (TPSA) is 59.9 Å². The lowest BCUT2D eigenvalue weighted by atomic mass is 10.1. The lowest BCUT2D eigenvalue weighted by molar-refractivity contribution is 0.0955. The minimum atomic E-state index is -0.379. The number of carbonyl (C=O) groups excluding carboxylic acids is 1.